The van der Waals surface area contributed by atoms with Crippen LogP contribution in [0.25, 0.3) is 16.8 Å². The lowest BCUT2D eigenvalue weighted by molar-refractivity contribution is 0.315. The smallest absolute Gasteiger partial charge is 0.123 e. The first-order valence-electron chi connectivity index (χ1n) is 9.18. The molecule has 1 nitrogen and oxygen atoms in total. The second-order valence-electron chi connectivity index (χ2n) is 6.93. The number of hydrogen-bond acceptors (Lipinski definition) is 1. The van der Waals surface area contributed by atoms with Crippen molar-refractivity contribution in [1.29, 1.82) is 0 Å². The van der Waals surface area contributed by atoms with E-state index in [-0.39, 0.29) is 0 Å². The number of rotatable bonds is 5. The van der Waals surface area contributed by atoms with E-state index in [1.54, 1.807) is 0 Å². The van der Waals surface area contributed by atoms with Crippen LogP contribution in [-0.4, -0.2) is 6.61 Å². The van der Waals surface area contributed by atoms with Crippen molar-refractivity contribution in [2.24, 2.45) is 0 Å². The molecule has 126 valence electrons. The van der Waals surface area contributed by atoms with Gasteiger partial charge in [-0.15, -0.1) is 0 Å². The molecule has 1 heteroatoms. The Morgan fingerprint density at radius 3 is 2.60 bits per heavy atom. The van der Waals surface area contributed by atoms with Gasteiger partial charge in [-0.25, -0.2) is 0 Å². The molecule has 1 atom stereocenters. The van der Waals surface area contributed by atoms with Gasteiger partial charge < -0.3 is 4.74 Å². The van der Waals surface area contributed by atoms with E-state index >= 15 is 0 Å². The normalized spacial score (nSPS) is 17.8. The third-order valence-corrected chi connectivity index (χ3v) is 4.90. The predicted octanol–water partition coefficient (Wildman–Crippen LogP) is 6.51. The van der Waals surface area contributed by atoms with Crippen LogP contribution in [-0.2, 0) is 0 Å². The molecule has 0 heterocycles. The molecule has 1 saturated carbocycles. The van der Waals surface area contributed by atoms with Crippen molar-refractivity contribution in [3.05, 3.63) is 82.9 Å². The Balaban J connectivity index is 1.72. The van der Waals surface area contributed by atoms with Gasteiger partial charge in [-0.1, -0.05) is 78.7 Å². The second kappa shape index (κ2) is 6.76. The summed E-state index contributed by atoms with van der Waals surface area (Å²) in [6.07, 6.45) is 4.50. The van der Waals surface area contributed by atoms with Gasteiger partial charge in [-0.05, 0) is 42.2 Å². The van der Waals surface area contributed by atoms with Crippen molar-refractivity contribution in [3.8, 4) is 5.75 Å². The maximum Gasteiger partial charge on any atom is 0.123 e. The average Bonchev–Trinajstić information content (AvgIpc) is 3.40. The Labute approximate surface area is 150 Å². The fourth-order valence-electron chi connectivity index (χ4n) is 3.47. The third-order valence-electron chi connectivity index (χ3n) is 4.90. The van der Waals surface area contributed by atoms with Gasteiger partial charge in [0, 0.05) is 11.5 Å². The minimum Gasteiger partial charge on any atom is -0.493 e. The highest BCUT2D eigenvalue weighted by atomic mass is 16.5. The highest BCUT2D eigenvalue weighted by Gasteiger charge is 2.34. The highest BCUT2D eigenvalue weighted by Crippen LogP contribution is 2.53. The van der Waals surface area contributed by atoms with Crippen molar-refractivity contribution < 1.29 is 4.74 Å². The number of benzene rings is 3. The highest BCUT2D eigenvalue weighted by molar-refractivity contribution is 5.90. The minimum absolute atomic E-state index is 0.485. The molecule has 0 amide bonds. The number of hydrogen-bond donors (Lipinski definition) is 0. The Bertz CT molecular complexity index is 918. The summed E-state index contributed by atoms with van der Waals surface area (Å²) < 4.78 is 6.08. The van der Waals surface area contributed by atoms with E-state index in [1.807, 2.05) is 0 Å². The van der Waals surface area contributed by atoms with Gasteiger partial charge in [0.05, 0.1) is 6.61 Å². The zero-order chi connectivity index (χ0) is 17.2. The van der Waals surface area contributed by atoms with E-state index < -0.39 is 0 Å². The fraction of sp³-hybridized carbons (Fsp3) is 0.250. The van der Waals surface area contributed by atoms with Gasteiger partial charge in [-0.3, -0.25) is 0 Å². The molecule has 1 aliphatic carbocycles. The fourth-order valence-corrected chi connectivity index (χ4v) is 3.47. The quantitative estimate of drug-likeness (QED) is 0.519. The Morgan fingerprint density at radius 1 is 1.00 bits per heavy atom. The minimum atomic E-state index is 0.485. The average molecular weight is 328 g/mol. The van der Waals surface area contributed by atoms with Crippen molar-refractivity contribution in [1.82, 2.24) is 0 Å². The second-order valence-corrected chi connectivity index (χ2v) is 6.93. The van der Waals surface area contributed by atoms with Gasteiger partial charge in [-0.2, -0.15) is 0 Å². The summed E-state index contributed by atoms with van der Waals surface area (Å²) in [4.78, 5) is 0. The topological polar surface area (TPSA) is 9.23 Å². The van der Waals surface area contributed by atoms with Crippen molar-refractivity contribution in [2.45, 2.75) is 32.6 Å². The lowest BCUT2D eigenvalue weighted by atomic mass is 9.99. The van der Waals surface area contributed by atoms with Crippen LogP contribution in [0.5, 0.6) is 5.75 Å². The zero-order valence-electron chi connectivity index (χ0n) is 15.0. The molecule has 3 aromatic carbocycles. The summed E-state index contributed by atoms with van der Waals surface area (Å²) in [7, 11) is 0. The van der Waals surface area contributed by atoms with Gasteiger partial charge in [0.15, 0.2) is 0 Å². The molecule has 25 heavy (non-hydrogen) atoms. The maximum absolute atomic E-state index is 6.08. The molecular formula is C24H24O. The molecule has 0 radical (unpaired) electrons. The summed E-state index contributed by atoms with van der Waals surface area (Å²) in [6.45, 7) is 5.06. The molecule has 4 rings (SSSR count). The number of ether oxygens (including phenoxy) is 1. The van der Waals surface area contributed by atoms with Crippen LogP contribution in [0, 0.1) is 6.92 Å². The molecule has 0 bridgehead atoms. The van der Waals surface area contributed by atoms with E-state index in [1.165, 1.54) is 33.0 Å². The maximum atomic E-state index is 6.08. The first-order chi connectivity index (χ1) is 12.3. The lowest BCUT2D eigenvalue weighted by Crippen LogP contribution is -1.99. The SMILES string of the molecule is CCCOc1ccc2ccccc2c1C1CC1=Cc1ccc(C)cc1. The van der Waals surface area contributed by atoms with Gasteiger partial charge in [0.25, 0.3) is 0 Å². The van der Waals surface area contributed by atoms with E-state index in [4.69, 9.17) is 4.74 Å². The number of fused-ring (bicyclic) bond motifs is 1. The molecular weight excluding hydrogens is 304 g/mol. The Hall–Kier alpha value is -2.54. The van der Waals surface area contributed by atoms with Crippen LogP contribution in [0.3, 0.4) is 0 Å². The summed E-state index contributed by atoms with van der Waals surface area (Å²) in [5.74, 6) is 1.54. The molecule has 1 unspecified atom stereocenters. The summed E-state index contributed by atoms with van der Waals surface area (Å²) in [5, 5.41) is 2.62. The van der Waals surface area contributed by atoms with Crippen molar-refractivity contribution in [3.63, 3.8) is 0 Å². The number of aryl methyl sites for hydroxylation is 1. The lowest BCUT2D eigenvalue weighted by Gasteiger charge is -2.13. The summed E-state index contributed by atoms with van der Waals surface area (Å²) in [5.41, 5.74) is 5.46. The van der Waals surface area contributed by atoms with Gasteiger partial charge >= 0.3 is 0 Å². The number of allylic oxidation sites excluding steroid dienone is 1. The molecule has 0 spiro atoms. The first-order valence-corrected chi connectivity index (χ1v) is 9.18. The zero-order valence-corrected chi connectivity index (χ0v) is 15.0. The summed E-state index contributed by atoms with van der Waals surface area (Å²) in [6, 6.07) is 21.7. The van der Waals surface area contributed by atoms with Crippen LogP contribution >= 0.6 is 0 Å². The van der Waals surface area contributed by atoms with Crippen LogP contribution < -0.4 is 4.74 Å². The standard InChI is InChI=1S/C24H24O/c1-3-14-25-23-13-12-19-6-4-5-7-21(19)24(23)22-16-20(22)15-18-10-8-17(2)9-11-18/h4-13,15,22H,3,14,16H2,1-2H3. The Kier molecular flexibility index (Phi) is 4.31. The monoisotopic (exact) mass is 328 g/mol. The molecule has 0 saturated heterocycles. The molecule has 0 N–H and O–H groups in total. The van der Waals surface area contributed by atoms with E-state index in [0.717, 1.165) is 25.2 Å². The van der Waals surface area contributed by atoms with Crippen molar-refractivity contribution in [2.75, 3.05) is 6.61 Å². The van der Waals surface area contributed by atoms with E-state index in [2.05, 4.69) is 80.6 Å². The van der Waals surface area contributed by atoms with Gasteiger partial charge in [0.2, 0.25) is 0 Å². The molecule has 0 aliphatic heterocycles. The molecule has 0 aromatic heterocycles. The van der Waals surface area contributed by atoms with E-state index in [0.29, 0.717) is 5.92 Å². The summed E-state index contributed by atoms with van der Waals surface area (Å²) >= 11 is 0. The van der Waals surface area contributed by atoms with E-state index in [9.17, 15) is 0 Å². The molecule has 3 aromatic rings. The third kappa shape index (κ3) is 3.32. The van der Waals surface area contributed by atoms with Gasteiger partial charge in [0.1, 0.15) is 5.75 Å². The van der Waals surface area contributed by atoms with Crippen LogP contribution in [0.1, 0.15) is 42.4 Å². The largest absolute Gasteiger partial charge is 0.493 e. The Morgan fingerprint density at radius 2 is 1.80 bits per heavy atom. The molecule has 1 aliphatic rings. The predicted molar refractivity (Wildman–Crippen MR) is 106 cm³/mol. The van der Waals surface area contributed by atoms with Crippen LogP contribution in [0.2, 0.25) is 0 Å². The van der Waals surface area contributed by atoms with Crippen molar-refractivity contribution >= 4 is 16.8 Å². The van der Waals surface area contributed by atoms with Crippen LogP contribution in [0.4, 0.5) is 0 Å². The molecule has 1 fully saturated rings. The first kappa shape index (κ1) is 16.0. The van der Waals surface area contributed by atoms with Crippen LogP contribution in [0.15, 0.2) is 66.2 Å².